The number of nitrogens with one attached hydrogen (secondary N) is 1. The summed E-state index contributed by atoms with van der Waals surface area (Å²) in [5.74, 6) is 1.47. The number of benzene rings is 1. The zero-order chi connectivity index (χ0) is 27.6. The largest absolute Gasteiger partial charge is 0.492 e. The Labute approximate surface area is 232 Å². The lowest BCUT2D eigenvalue weighted by molar-refractivity contribution is 0.0151. The number of pyridine rings is 1. The molecule has 2 fully saturated rings. The summed E-state index contributed by atoms with van der Waals surface area (Å²) in [7, 11) is 1.88. The van der Waals surface area contributed by atoms with Gasteiger partial charge in [0, 0.05) is 62.2 Å². The fraction of sp³-hybridized carbons (Fsp3) is 0.581. The van der Waals surface area contributed by atoms with Gasteiger partial charge in [-0.25, -0.2) is 4.79 Å². The zero-order valence-electron chi connectivity index (χ0n) is 23.7. The third-order valence-electron chi connectivity index (χ3n) is 8.29. The molecular formula is C31H42N4O4. The molecule has 1 atom stereocenters. The Balaban J connectivity index is 1.34. The third-order valence-corrected chi connectivity index (χ3v) is 8.29. The molecule has 210 valence electrons. The maximum absolute atomic E-state index is 13.5. The maximum atomic E-state index is 13.5. The van der Waals surface area contributed by atoms with Crippen LogP contribution in [0.5, 0.6) is 5.75 Å². The van der Waals surface area contributed by atoms with Crippen molar-refractivity contribution in [1.29, 1.82) is 0 Å². The molecule has 1 aliphatic carbocycles. The number of amides is 2. The molecule has 2 amide bonds. The molecule has 1 N–H and O–H groups in total. The molecule has 3 heterocycles. The number of aromatic nitrogens is 1. The first-order valence-corrected chi connectivity index (χ1v) is 14.2. The molecule has 1 aromatic heterocycles. The number of likely N-dealkylation sites (tertiary alicyclic amines) is 1. The van der Waals surface area contributed by atoms with Gasteiger partial charge < -0.3 is 24.6 Å². The van der Waals surface area contributed by atoms with Gasteiger partial charge in [0.05, 0.1) is 12.2 Å². The van der Waals surface area contributed by atoms with Crippen molar-refractivity contribution >= 4 is 12.0 Å². The van der Waals surface area contributed by atoms with Crippen LogP contribution in [0.4, 0.5) is 4.79 Å². The number of para-hydroxylation sites is 1. The van der Waals surface area contributed by atoms with Crippen LogP contribution < -0.4 is 10.1 Å². The number of rotatable bonds is 1. The molecule has 1 aromatic carbocycles. The van der Waals surface area contributed by atoms with Crippen LogP contribution in [-0.4, -0.2) is 78.8 Å². The van der Waals surface area contributed by atoms with Gasteiger partial charge in [-0.3, -0.25) is 9.78 Å². The fourth-order valence-electron chi connectivity index (χ4n) is 5.75. The molecule has 1 unspecified atom stereocenters. The fourth-order valence-corrected chi connectivity index (χ4v) is 5.75. The van der Waals surface area contributed by atoms with Crippen molar-refractivity contribution in [2.24, 2.45) is 17.3 Å². The van der Waals surface area contributed by atoms with Crippen molar-refractivity contribution in [2.45, 2.75) is 52.1 Å². The smallest absolute Gasteiger partial charge is 0.410 e. The highest BCUT2D eigenvalue weighted by Gasteiger charge is 2.43. The first-order chi connectivity index (χ1) is 18.6. The van der Waals surface area contributed by atoms with Gasteiger partial charge in [-0.2, -0.15) is 0 Å². The van der Waals surface area contributed by atoms with E-state index in [1.54, 1.807) is 12.4 Å². The number of ether oxygens (including phenoxy) is 2. The van der Waals surface area contributed by atoms with E-state index >= 15 is 0 Å². The second kappa shape index (κ2) is 11.2. The Kier molecular flexibility index (Phi) is 7.85. The van der Waals surface area contributed by atoms with E-state index in [0.29, 0.717) is 37.7 Å². The number of hydrogen-bond donors (Lipinski definition) is 1. The number of carbonyl (C=O) groups is 2. The van der Waals surface area contributed by atoms with Crippen LogP contribution >= 0.6 is 0 Å². The lowest BCUT2D eigenvalue weighted by Crippen LogP contribution is -2.46. The van der Waals surface area contributed by atoms with E-state index in [0.717, 1.165) is 55.6 Å². The molecule has 0 radical (unpaired) electrons. The quantitative estimate of drug-likeness (QED) is 0.563. The average Bonchev–Trinajstić information content (AvgIpc) is 3.69. The van der Waals surface area contributed by atoms with Crippen LogP contribution in [-0.2, 0) is 4.74 Å². The van der Waals surface area contributed by atoms with Crippen LogP contribution in [0.3, 0.4) is 0 Å². The van der Waals surface area contributed by atoms with Crippen molar-refractivity contribution in [3.63, 3.8) is 0 Å². The van der Waals surface area contributed by atoms with Gasteiger partial charge in [0.25, 0.3) is 5.91 Å². The summed E-state index contributed by atoms with van der Waals surface area (Å²) in [6, 6.07) is 9.92. The number of nitrogens with zero attached hydrogens (tertiary/aromatic N) is 3. The minimum Gasteiger partial charge on any atom is -0.492 e. The second-order valence-corrected chi connectivity index (χ2v) is 12.6. The predicted molar refractivity (Wildman–Crippen MR) is 151 cm³/mol. The molecule has 1 spiro atoms. The van der Waals surface area contributed by atoms with Crippen molar-refractivity contribution in [3.8, 4) is 16.9 Å². The van der Waals surface area contributed by atoms with Gasteiger partial charge in [-0.1, -0.05) is 18.2 Å². The first-order valence-electron chi connectivity index (χ1n) is 14.2. The Morgan fingerprint density at radius 2 is 1.82 bits per heavy atom. The minimum absolute atomic E-state index is 0.0347. The predicted octanol–water partition coefficient (Wildman–Crippen LogP) is 4.85. The summed E-state index contributed by atoms with van der Waals surface area (Å²) in [4.78, 5) is 34.2. The third kappa shape index (κ3) is 6.72. The van der Waals surface area contributed by atoms with Gasteiger partial charge in [0.2, 0.25) is 0 Å². The van der Waals surface area contributed by atoms with Gasteiger partial charge in [0.1, 0.15) is 11.4 Å². The summed E-state index contributed by atoms with van der Waals surface area (Å²) in [5, 5.41) is 3.75. The number of piperidine rings is 1. The normalized spacial score (nSPS) is 22.4. The molecule has 1 saturated carbocycles. The molecular weight excluding hydrogens is 492 g/mol. The van der Waals surface area contributed by atoms with E-state index in [1.807, 2.05) is 68.0 Å². The minimum atomic E-state index is -0.499. The monoisotopic (exact) mass is 534 g/mol. The summed E-state index contributed by atoms with van der Waals surface area (Å²) < 4.78 is 12.0. The van der Waals surface area contributed by atoms with E-state index in [4.69, 9.17) is 9.47 Å². The summed E-state index contributed by atoms with van der Waals surface area (Å²) >= 11 is 0. The average molecular weight is 535 g/mol. The van der Waals surface area contributed by atoms with Crippen molar-refractivity contribution in [2.75, 3.05) is 46.4 Å². The Hall–Kier alpha value is -3.13. The van der Waals surface area contributed by atoms with E-state index in [9.17, 15) is 9.59 Å². The van der Waals surface area contributed by atoms with Gasteiger partial charge in [-0.05, 0) is 77.0 Å². The van der Waals surface area contributed by atoms with Gasteiger partial charge >= 0.3 is 6.09 Å². The lowest BCUT2D eigenvalue weighted by atomic mass is 9.83. The summed E-state index contributed by atoms with van der Waals surface area (Å²) in [6.07, 6.45) is 7.30. The van der Waals surface area contributed by atoms with Crippen LogP contribution in [0, 0.1) is 17.3 Å². The topological polar surface area (TPSA) is 84.0 Å². The van der Waals surface area contributed by atoms with Crippen molar-refractivity contribution in [1.82, 2.24) is 20.1 Å². The second-order valence-electron chi connectivity index (χ2n) is 12.6. The Morgan fingerprint density at radius 1 is 1.10 bits per heavy atom. The highest BCUT2D eigenvalue weighted by molar-refractivity contribution is 5.95. The van der Waals surface area contributed by atoms with E-state index in [2.05, 4.69) is 10.3 Å². The molecule has 39 heavy (non-hydrogen) atoms. The SMILES string of the molecule is CN1CC(C2CCN(C(=O)OC(C)(C)C)CC2)CNCC2(CC2)COc2ccccc2-c2cncc(c2)C1=O. The van der Waals surface area contributed by atoms with Crippen molar-refractivity contribution < 1.29 is 19.1 Å². The lowest BCUT2D eigenvalue weighted by Gasteiger charge is -2.38. The maximum Gasteiger partial charge on any atom is 0.410 e. The standard InChI is InChI=1S/C31H42N4O4/c1-30(2,3)39-29(37)35-13-9-22(10-14-35)25-18-33-20-31(11-12-31)21-38-27-8-6-5-7-26(27)23-15-24(17-32-16-23)28(36)34(4)19-25/h5-8,15-17,22,25,33H,9-14,18-21H2,1-4H3. The molecule has 2 bridgehead atoms. The molecule has 8 nitrogen and oxygen atoms in total. The highest BCUT2D eigenvalue weighted by atomic mass is 16.6. The molecule has 1 saturated heterocycles. The Bertz CT molecular complexity index is 1180. The van der Waals surface area contributed by atoms with E-state index in [-0.39, 0.29) is 23.3 Å². The number of hydrogen-bond acceptors (Lipinski definition) is 6. The number of fused-ring (bicyclic) bond motifs is 4. The molecule has 2 aliphatic heterocycles. The van der Waals surface area contributed by atoms with E-state index in [1.165, 1.54) is 0 Å². The Morgan fingerprint density at radius 3 is 2.54 bits per heavy atom. The van der Waals surface area contributed by atoms with Crippen molar-refractivity contribution in [3.05, 3.63) is 48.3 Å². The molecule has 3 aliphatic rings. The van der Waals surface area contributed by atoms with Crippen LogP contribution in [0.2, 0.25) is 0 Å². The number of carbonyl (C=O) groups excluding carboxylic acids is 2. The van der Waals surface area contributed by atoms with Crippen LogP contribution in [0.25, 0.3) is 11.1 Å². The summed E-state index contributed by atoms with van der Waals surface area (Å²) in [6.45, 7) is 10.1. The van der Waals surface area contributed by atoms with Gasteiger partial charge in [0.15, 0.2) is 0 Å². The van der Waals surface area contributed by atoms with Gasteiger partial charge in [-0.15, -0.1) is 0 Å². The molecule has 5 rings (SSSR count). The first kappa shape index (κ1) is 27.4. The molecule has 8 heteroatoms. The van der Waals surface area contributed by atoms with Crippen LogP contribution in [0.15, 0.2) is 42.7 Å². The molecule has 2 aromatic rings. The summed E-state index contributed by atoms with van der Waals surface area (Å²) in [5.41, 5.74) is 2.06. The zero-order valence-corrected chi connectivity index (χ0v) is 23.7. The van der Waals surface area contributed by atoms with E-state index < -0.39 is 5.60 Å². The van der Waals surface area contributed by atoms with Crippen LogP contribution in [0.1, 0.15) is 56.8 Å². The highest BCUT2D eigenvalue weighted by Crippen LogP contribution is 2.46.